The lowest BCUT2D eigenvalue weighted by atomic mass is 9.77. The topological polar surface area (TPSA) is 290 Å². The summed E-state index contributed by atoms with van der Waals surface area (Å²) in [4.78, 5) is 38.4. The maximum atomic E-state index is 12.7. The van der Waals surface area contributed by atoms with Gasteiger partial charge in [0.05, 0.1) is 26.7 Å². The van der Waals surface area contributed by atoms with Crippen molar-refractivity contribution in [2.45, 2.75) is 79.9 Å². The fourth-order valence-corrected chi connectivity index (χ4v) is 10.2. The highest BCUT2D eigenvalue weighted by Crippen LogP contribution is 2.51. The van der Waals surface area contributed by atoms with Crippen molar-refractivity contribution in [2.24, 2.45) is 0 Å². The van der Waals surface area contributed by atoms with Gasteiger partial charge in [0, 0.05) is 79.1 Å². The molecule has 3 aliphatic rings. The number of hydrogen-bond acceptors (Lipinski definition) is 12. The minimum Gasteiger partial charge on any atom is -0.354 e. The van der Waals surface area contributed by atoms with E-state index in [0.717, 1.165) is 17.1 Å². The predicted molar refractivity (Wildman–Crippen MR) is 236 cm³/mol. The van der Waals surface area contributed by atoms with Crippen LogP contribution in [0.15, 0.2) is 94.4 Å². The number of rotatable bonds is 21. The monoisotopic (exact) mass is 967 g/mol. The number of allylic oxidation sites excluding steroid dienone is 6. The Balaban J connectivity index is 1.45. The number of unbranched alkanes of at least 4 members (excludes halogenated alkanes) is 1. The first-order chi connectivity index (χ1) is 29.6. The number of carbonyl (C=O) groups is 3. The molecule has 3 aliphatic heterocycles. The highest BCUT2D eigenvalue weighted by molar-refractivity contribution is 7.86. The van der Waals surface area contributed by atoms with Crippen LogP contribution in [0, 0.1) is 0 Å². The van der Waals surface area contributed by atoms with Crippen LogP contribution in [0.2, 0.25) is 0 Å². The summed E-state index contributed by atoms with van der Waals surface area (Å²) >= 11 is 0. The van der Waals surface area contributed by atoms with Crippen molar-refractivity contribution in [3.8, 4) is 0 Å². The quantitative estimate of drug-likeness (QED) is 0.0393. The number of nitrogens with zero attached hydrogens (tertiary/aromatic N) is 3. The van der Waals surface area contributed by atoms with Gasteiger partial charge in [-0.05, 0) is 82.0 Å². The molecule has 5 N–H and O–H groups in total. The molecule has 0 fully saturated rings. The van der Waals surface area contributed by atoms with Crippen LogP contribution in [0.1, 0.15) is 70.4 Å². The minimum atomic E-state index is -4.66. The largest absolute Gasteiger partial charge is 0.354 e. The summed E-state index contributed by atoms with van der Waals surface area (Å²) in [6, 6.07) is 8.13. The average Bonchev–Trinajstić information content (AvgIpc) is 3.70. The number of nitrogens with one attached hydrogen (secondary N) is 1. The van der Waals surface area contributed by atoms with E-state index in [1.165, 1.54) is 36.4 Å². The Morgan fingerprint density at radius 2 is 1.31 bits per heavy atom. The second kappa shape index (κ2) is 19.3. The lowest BCUT2D eigenvalue weighted by Gasteiger charge is -2.30. The molecule has 3 amide bonds. The molecule has 0 spiro atoms. The predicted octanol–water partition coefficient (Wildman–Crippen LogP) is 3.49. The van der Waals surface area contributed by atoms with Crippen molar-refractivity contribution in [2.75, 3.05) is 42.6 Å². The van der Waals surface area contributed by atoms with Gasteiger partial charge in [0.2, 0.25) is 11.6 Å². The molecule has 19 nitrogen and oxygen atoms in total. The number of carbonyl (C=O) groups excluding carboxylic acids is 3. The van der Waals surface area contributed by atoms with Crippen molar-refractivity contribution in [3.05, 3.63) is 95.8 Å². The first-order valence-electron chi connectivity index (χ1n) is 20.1. The number of benzene rings is 2. The van der Waals surface area contributed by atoms with Gasteiger partial charge in [0.15, 0.2) is 5.71 Å². The molecule has 348 valence electrons. The van der Waals surface area contributed by atoms with Gasteiger partial charge in [-0.15, -0.1) is 0 Å². The van der Waals surface area contributed by atoms with Gasteiger partial charge >= 0.3 is 0 Å². The molecule has 0 aromatic heterocycles. The summed E-state index contributed by atoms with van der Waals surface area (Å²) in [5, 5.41) is 2.69. The van der Waals surface area contributed by atoms with Crippen LogP contribution in [0.4, 0.5) is 11.4 Å². The van der Waals surface area contributed by atoms with E-state index in [1.807, 2.05) is 20.8 Å². The van der Waals surface area contributed by atoms with E-state index in [9.17, 15) is 66.3 Å². The minimum absolute atomic E-state index is 0.00357. The van der Waals surface area contributed by atoms with Gasteiger partial charge in [-0.2, -0.15) is 38.2 Å². The highest BCUT2D eigenvalue weighted by atomic mass is 32.2. The molecule has 64 heavy (non-hydrogen) atoms. The van der Waals surface area contributed by atoms with E-state index in [4.69, 9.17) is 0 Å². The zero-order chi connectivity index (χ0) is 47.5. The first kappa shape index (κ1) is 50.1. The summed E-state index contributed by atoms with van der Waals surface area (Å²) in [5.41, 5.74) is 1.49. The van der Waals surface area contributed by atoms with Gasteiger partial charge in [0.25, 0.3) is 52.3 Å². The molecular weight excluding hydrogens is 917 g/mol. The summed E-state index contributed by atoms with van der Waals surface area (Å²) in [7, 11) is -17.9. The average molecular weight is 968 g/mol. The van der Waals surface area contributed by atoms with Gasteiger partial charge in [0.1, 0.15) is 6.54 Å². The van der Waals surface area contributed by atoms with E-state index < -0.39 is 74.6 Å². The molecule has 1 atom stereocenters. The molecule has 23 heteroatoms. The fraction of sp³-hybridized carbons (Fsp3) is 0.415. The van der Waals surface area contributed by atoms with Crippen LogP contribution in [-0.4, -0.2) is 122 Å². The number of hydrogen-bond donors (Lipinski definition) is 5. The van der Waals surface area contributed by atoms with Crippen LogP contribution in [0.5, 0.6) is 0 Å². The van der Waals surface area contributed by atoms with Gasteiger partial charge < -0.3 is 10.2 Å². The van der Waals surface area contributed by atoms with Crippen molar-refractivity contribution in [1.29, 1.82) is 0 Å². The molecule has 0 saturated heterocycles. The van der Waals surface area contributed by atoms with Gasteiger partial charge in [-0.25, -0.2) is 0 Å². The third kappa shape index (κ3) is 12.1. The Kier molecular flexibility index (Phi) is 15.1. The molecule has 0 bridgehead atoms. The summed E-state index contributed by atoms with van der Waals surface area (Å²) in [6.07, 6.45) is 12.0. The Morgan fingerprint density at radius 1 is 0.719 bits per heavy atom. The second-order valence-electron chi connectivity index (χ2n) is 16.2. The van der Waals surface area contributed by atoms with E-state index in [2.05, 4.69) is 5.32 Å². The van der Waals surface area contributed by atoms with Gasteiger partial charge in [-0.3, -0.25) is 37.5 Å². The Bertz CT molecular complexity index is 2810. The fourth-order valence-electron chi connectivity index (χ4n) is 8.23. The van der Waals surface area contributed by atoms with Crippen molar-refractivity contribution >= 4 is 75.3 Å². The van der Waals surface area contributed by atoms with E-state index >= 15 is 0 Å². The van der Waals surface area contributed by atoms with Crippen LogP contribution >= 0.6 is 0 Å². The lowest BCUT2D eigenvalue weighted by Crippen LogP contribution is -2.38. The third-order valence-corrected chi connectivity index (χ3v) is 14.7. The molecule has 3 heterocycles. The Labute approximate surface area is 372 Å². The maximum absolute atomic E-state index is 12.7. The maximum Gasteiger partial charge on any atom is 0.294 e. The molecule has 0 radical (unpaired) electrons. The van der Waals surface area contributed by atoms with Crippen molar-refractivity contribution < 1.29 is 70.8 Å². The molecule has 0 aliphatic carbocycles. The molecule has 0 saturated carbocycles. The van der Waals surface area contributed by atoms with Crippen LogP contribution in [0.3, 0.4) is 0 Å². The van der Waals surface area contributed by atoms with Crippen molar-refractivity contribution in [3.63, 3.8) is 0 Å². The molecule has 2 aromatic carbocycles. The SMILES string of the molecule is CC1(C)C(C=CC=CC=C2N(CCCS(=O)(=O)O)c3ccc(S(=O)(=O)O)cc3C2(C)CCCCC(=O)NCCN2C(=O)C=CC2=O)=[N+](CCCS(=O)(=O)O)c2ccc(S(=O)(=O)O)cc21. The van der Waals surface area contributed by atoms with E-state index in [1.54, 1.807) is 39.9 Å². The normalized spacial score (nSPS) is 19.5. The zero-order valence-corrected chi connectivity index (χ0v) is 38.5. The van der Waals surface area contributed by atoms with E-state index in [-0.39, 0.29) is 61.1 Å². The number of amides is 3. The number of fused-ring (bicyclic) bond motifs is 2. The summed E-state index contributed by atoms with van der Waals surface area (Å²) in [6.45, 7) is 5.73. The molecule has 2 aromatic rings. The van der Waals surface area contributed by atoms with E-state index in [0.29, 0.717) is 53.2 Å². The third-order valence-electron chi connectivity index (χ3n) is 11.4. The summed E-state index contributed by atoms with van der Waals surface area (Å²) < 4.78 is 136. The van der Waals surface area contributed by atoms with Crippen LogP contribution in [-0.2, 0) is 65.7 Å². The smallest absolute Gasteiger partial charge is 0.294 e. The second-order valence-corrected chi connectivity index (χ2v) is 22.2. The van der Waals surface area contributed by atoms with Crippen LogP contribution in [0.25, 0.3) is 0 Å². The van der Waals surface area contributed by atoms with Crippen molar-refractivity contribution in [1.82, 2.24) is 10.2 Å². The Hall–Kier alpha value is -4.88. The number of anilines is 1. The van der Waals surface area contributed by atoms with Crippen LogP contribution < -0.4 is 10.2 Å². The molecule has 1 unspecified atom stereocenters. The standard InChI is InChI=1S/C41H50N4O15S4/c1-40(2)31-27-29(63(55,56)57)14-16-33(31)43(22-9-25-61(49,50)51)35(40)11-5-4-6-12-36-41(3,20-8-7-13-37(46)42-21-24-45-38(47)18-19-39(45)48)32-28-30(64(58,59)60)15-17-34(32)44(36)23-10-26-62(52,53)54/h4-6,11-12,14-19,27-28H,7-10,13,20-26H2,1-3H3,(H4-,42,46,49,50,51,52,53,54,55,56,57,58,59,60)/p+1. The highest BCUT2D eigenvalue weighted by Gasteiger charge is 2.46. The number of imide groups is 1. The Morgan fingerprint density at radius 3 is 1.92 bits per heavy atom. The first-order valence-corrected chi connectivity index (χ1v) is 26.2. The zero-order valence-electron chi connectivity index (χ0n) is 35.2. The molecular formula is C41H51N4O15S4+. The van der Waals surface area contributed by atoms with Gasteiger partial charge in [-0.1, -0.05) is 24.6 Å². The molecule has 5 rings (SSSR count). The lowest BCUT2D eigenvalue weighted by molar-refractivity contribution is -0.437. The summed E-state index contributed by atoms with van der Waals surface area (Å²) in [5.74, 6) is -2.36.